The van der Waals surface area contributed by atoms with Gasteiger partial charge in [-0.25, -0.2) is 0 Å². The molecule has 1 unspecified atom stereocenters. The molecular weight excluding hydrogens is 294 g/mol. The summed E-state index contributed by atoms with van der Waals surface area (Å²) < 4.78 is 5.26. The molecule has 7 heteroatoms. The van der Waals surface area contributed by atoms with Crippen LogP contribution in [-0.2, 0) is 9.59 Å². The predicted molar refractivity (Wildman–Crippen MR) is 82.8 cm³/mol. The molecule has 1 fully saturated rings. The minimum absolute atomic E-state index is 0. The number of ether oxygens (including phenoxy) is 1. The van der Waals surface area contributed by atoms with Gasteiger partial charge < -0.3 is 20.7 Å². The number of carbonyl (C=O) groups is 2. The van der Waals surface area contributed by atoms with E-state index in [1.165, 1.54) is 0 Å². The highest BCUT2D eigenvalue weighted by molar-refractivity contribution is 6.02. The second kappa shape index (κ2) is 7.85. The molecule has 0 saturated carbocycles. The zero-order chi connectivity index (χ0) is 14.5. The van der Waals surface area contributed by atoms with Gasteiger partial charge in [-0.15, -0.1) is 12.4 Å². The van der Waals surface area contributed by atoms with Crippen molar-refractivity contribution in [2.75, 3.05) is 25.1 Å². The van der Waals surface area contributed by atoms with Gasteiger partial charge in [-0.3, -0.25) is 9.59 Å². The molecule has 2 rings (SSSR count). The van der Waals surface area contributed by atoms with Crippen LogP contribution in [0.25, 0.3) is 0 Å². The van der Waals surface area contributed by atoms with Crippen molar-refractivity contribution in [2.45, 2.75) is 18.9 Å². The molecule has 0 spiro atoms. The summed E-state index contributed by atoms with van der Waals surface area (Å²) in [5, 5.41) is 2.72. The second-order valence-corrected chi connectivity index (χ2v) is 4.61. The van der Waals surface area contributed by atoms with Gasteiger partial charge in [0.05, 0.1) is 12.8 Å². The van der Waals surface area contributed by atoms with Gasteiger partial charge in [0.1, 0.15) is 11.8 Å². The summed E-state index contributed by atoms with van der Waals surface area (Å²) in [5.74, 6) is 0.349. The van der Waals surface area contributed by atoms with Gasteiger partial charge in [0.15, 0.2) is 0 Å². The lowest BCUT2D eigenvalue weighted by molar-refractivity contribution is -0.126. The van der Waals surface area contributed by atoms with Crippen molar-refractivity contribution in [3.8, 4) is 5.75 Å². The van der Waals surface area contributed by atoms with Crippen LogP contribution >= 0.6 is 12.4 Å². The molecule has 0 aromatic heterocycles. The van der Waals surface area contributed by atoms with E-state index < -0.39 is 6.04 Å². The van der Waals surface area contributed by atoms with Crippen LogP contribution in [0.3, 0.4) is 0 Å². The molecule has 1 atom stereocenters. The lowest BCUT2D eigenvalue weighted by Gasteiger charge is -2.19. The Balaban J connectivity index is 0.00000220. The van der Waals surface area contributed by atoms with Gasteiger partial charge in [0, 0.05) is 19.5 Å². The minimum Gasteiger partial charge on any atom is -0.495 e. The number of para-hydroxylation sites is 2. The molecule has 1 aromatic rings. The summed E-state index contributed by atoms with van der Waals surface area (Å²) in [6.45, 7) is 0.843. The third-order valence-electron chi connectivity index (χ3n) is 3.29. The molecule has 1 saturated heterocycles. The number of rotatable bonds is 5. The highest BCUT2D eigenvalue weighted by atomic mass is 35.5. The van der Waals surface area contributed by atoms with Crippen LogP contribution < -0.4 is 20.7 Å². The molecule has 1 aliphatic heterocycles. The summed E-state index contributed by atoms with van der Waals surface area (Å²) in [5.41, 5.74) is 6.05. The van der Waals surface area contributed by atoms with Crippen LogP contribution in [0.5, 0.6) is 5.75 Å². The molecule has 1 aliphatic rings. The summed E-state index contributed by atoms with van der Waals surface area (Å²) in [6.07, 6.45) is 0.825. The van der Waals surface area contributed by atoms with Gasteiger partial charge in [0.2, 0.25) is 11.8 Å². The van der Waals surface area contributed by atoms with E-state index in [0.717, 1.165) is 5.69 Å². The van der Waals surface area contributed by atoms with Crippen molar-refractivity contribution in [2.24, 2.45) is 5.73 Å². The fourth-order valence-corrected chi connectivity index (χ4v) is 2.30. The largest absolute Gasteiger partial charge is 0.495 e. The Bertz CT molecular complexity index is 510. The molecule has 21 heavy (non-hydrogen) atoms. The van der Waals surface area contributed by atoms with Crippen molar-refractivity contribution < 1.29 is 14.3 Å². The molecule has 116 valence electrons. The van der Waals surface area contributed by atoms with Gasteiger partial charge in [0.25, 0.3) is 0 Å². The Labute approximate surface area is 130 Å². The average molecular weight is 314 g/mol. The topological polar surface area (TPSA) is 84.7 Å². The average Bonchev–Trinajstić information content (AvgIpc) is 2.80. The molecule has 0 radical (unpaired) electrons. The maximum absolute atomic E-state index is 12.3. The van der Waals surface area contributed by atoms with Crippen molar-refractivity contribution in [3.63, 3.8) is 0 Å². The Morgan fingerprint density at radius 3 is 2.86 bits per heavy atom. The molecule has 1 aromatic carbocycles. The highest BCUT2D eigenvalue weighted by Crippen LogP contribution is 2.30. The monoisotopic (exact) mass is 313 g/mol. The lowest BCUT2D eigenvalue weighted by atomic mass is 10.2. The van der Waals surface area contributed by atoms with E-state index >= 15 is 0 Å². The standard InChI is InChI=1S/C14H19N3O3.ClH/c1-20-12-5-3-2-4-11(12)17-9-7-10(14(17)19)16-13(18)6-8-15;/h2-5,10H,6-9,15H2,1H3,(H,16,18);1H. The van der Waals surface area contributed by atoms with Crippen LogP contribution in [0, 0.1) is 0 Å². The van der Waals surface area contributed by atoms with E-state index in [4.69, 9.17) is 10.5 Å². The summed E-state index contributed by atoms with van der Waals surface area (Å²) >= 11 is 0. The number of hydrogen-bond donors (Lipinski definition) is 2. The van der Waals surface area contributed by atoms with Gasteiger partial charge in [-0.05, 0) is 18.6 Å². The molecule has 6 nitrogen and oxygen atoms in total. The Hall–Kier alpha value is -1.79. The molecular formula is C14H20ClN3O3. The second-order valence-electron chi connectivity index (χ2n) is 4.61. The minimum atomic E-state index is -0.473. The first-order chi connectivity index (χ1) is 9.67. The van der Waals surface area contributed by atoms with E-state index in [9.17, 15) is 9.59 Å². The van der Waals surface area contributed by atoms with Gasteiger partial charge in [-0.2, -0.15) is 0 Å². The maximum Gasteiger partial charge on any atom is 0.249 e. The van der Waals surface area contributed by atoms with E-state index in [1.807, 2.05) is 24.3 Å². The third kappa shape index (κ3) is 3.86. The molecule has 1 heterocycles. The fourth-order valence-electron chi connectivity index (χ4n) is 2.30. The zero-order valence-corrected chi connectivity index (χ0v) is 12.7. The van der Waals surface area contributed by atoms with E-state index in [2.05, 4.69) is 5.32 Å². The van der Waals surface area contributed by atoms with Crippen LogP contribution in [0.15, 0.2) is 24.3 Å². The van der Waals surface area contributed by atoms with Crippen molar-refractivity contribution >= 4 is 29.9 Å². The van der Waals surface area contributed by atoms with Gasteiger partial charge >= 0.3 is 0 Å². The highest BCUT2D eigenvalue weighted by Gasteiger charge is 2.34. The summed E-state index contributed by atoms with van der Waals surface area (Å²) in [4.78, 5) is 25.5. The third-order valence-corrected chi connectivity index (χ3v) is 3.29. The van der Waals surface area contributed by atoms with Crippen molar-refractivity contribution in [1.82, 2.24) is 5.32 Å². The first kappa shape index (κ1) is 17.3. The number of hydrogen-bond acceptors (Lipinski definition) is 4. The first-order valence-electron chi connectivity index (χ1n) is 6.61. The number of benzene rings is 1. The summed E-state index contributed by atoms with van der Waals surface area (Å²) in [6, 6.07) is 6.87. The number of carbonyl (C=O) groups excluding carboxylic acids is 2. The molecule has 2 amide bonds. The fraction of sp³-hybridized carbons (Fsp3) is 0.429. The predicted octanol–water partition coefficient (Wildman–Crippen LogP) is 0.687. The molecule has 0 aliphatic carbocycles. The van der Waals surface area contributed by atoms with E-state index in [1.54, 1.807) is 12.0 Å². The number of amides is 2. The SMILES string of the molecule is COc1ccccc1N1CCC(NC(=O)CCN)C1=O.Cl. The lowest BCUT2D eigenvalue weighted by Crippen LogP contribution is -2.42. The van der Waals surface area contributed by atoms with Crippen LogP contribution in [0.1, 0.15) is 12.8 Å². The smallest absolute Gasteiger partial charge is 0.249 e. The van der Waals surface area contributed by atoms with E-state index in [-0.39, 0.29) is 37.2 Å². The summed E-state index contributed by atoms with van der Waals surface area (Å²) in [7, 11) is 1.57. The zero-order valence-electron chi connectivity index (χ0n) is 11.9. The number of nitrogens with one attached hydrogen (secondary N) is 1. The number of nitrogens with two attached hydrogens (primary N) is 1. The van der Waals surface area contributed by atoms with Crippen LogP contribution in [-0.4, -0.2) is 38.1 Å². The number of anilines is 1. The van der Waals surface area contributed by atoms with E-state index in [0.29, 0.717) is 18.7 Å². The first-order valence-corrected chi connectivity index (χ1v) is 6.61. The normalized spacial score (nSPS) is 17.3. The molecule has 0 bridgehead atoms. The number of halogens is 1. The van der Waals surface area contributed by atoms with Crippen LogP contribution in [0.2, 0.25) is 0 Å². The van der Waals surface area contributed by atoms with Crippen LogP contribution in [0.4, 0.5) is 5.69 Å². The Kier molecular flexibility index (Phi) is 6.45. The molecule has 3 N–H and O–H groups in total. The Morgan fingerprint density at radius 1 is 1.48 bits per heavy atom. The quantitative estimate of drug-likeness (QED) is 0.837. The number of methoxy groups -OCH3 is 1. The van der Waals surface area contributed by atoms with Gasteiger partial charge in [-0.1, -0.05) is 12.1 Å². The maximum atomic E-state index is 12.3. The van der Waals surface area contributed by atoms with Crippen molar-refractivity contribution in [1.29, 1.82) is 0 Å². The number of nitrogens with zero attached hydrogens (tertiary/aromatic N) is 1. The van der Waals surface area contributed by atoms with Crippen molar-refractivity contribution in [3.05, 3.63) is 24.3 Å². The Morgan fingerprint density at radius 2 is 2.19 bits per heavy atom.